The summed E-state index contributed by atoms with van der Waals surface area (Å²) in [6.07, 6.45) is 0.968. The van der Waals surface area contributed by atoms with Crippen molar-refractivity contribution in [1.82, 2.24) is 4.90 Å². The van der Waals surface area contributed by atoms with Crippen LogP contribution in [0.2, 0.25) is 0 Å². The molecule has 0 fully saturated rings. The molecule has 0 aliphatic carbocycles. The molecule has 0 heterocycles. The summed E-state index contributed by atoms with van der Waals surface area (Å²) < 4.78 is 5.65. The van der Waals surface area contributed by atoms with Gasteiger partial charge in [-0.05, 0) is 32.4 Å². The first-order chi connectivity index (χ1) is 8.59. The van der Waals surface area contributed by atoms with E-state index < -0.39 is 0 Å². The number of hydrogen-bond acceptors (Lipinski definition) is 3. The van der Waals surface area contributed by atoms with Gasteiger partial charge in [0.15, 0.2) is 0 Å². The van der Waals surface area contributed by atoms with Gasteiger partial charge in [-0.3, -0.25) is 4.90 Å². The largest absolute Gasteiger partial charge is 0.494 e. The summed E-state index contributed by atoms with van der Waals surface area (Å²) in [5.41, 5.74) is 5.58. The number of nitrogens with zero attached hydrogens (tertiary/aromatic N) is 1. The fourth-order valence-corrected chi connectivity index (χ4v) is 1.86. The van der Waals surface area contributed by atoms with Crippen molar-refractivity contribution in [3.63, 3.8) is 0 Å². The maximum atomic E-state index is 5.65. The van der Waals surface area contributed by atoms with Crippen molar-refractivity contribution in [3.05, 3.63) is 30.3 Å². The van der Waals surface area contributed by atoms with E-state index in [0.717, 1.165) is 18.7 Å². The van der Waals surface area contributed by atoms with Gasteiger partial charge in [0.25, 0.3) is 0 Å². The molecule has 1 aromatic rings. The normalized spacial score (nSPS) is 10.9. The molecule has 100 valence electrons. The fraction of sp³-hybridized carbons (Fsp3) is 0.500. The second kappa shape index (κ2) is 8.06. The van der Waals surface area contributed by atoms with E-state index in [4.69, 9.17) is 22.7 Å². The molecule has 1 aromatic carbocycles. The highest BCUT2D eigenvalue weighted by Gasteiger charge is 2.09. The first-order valence-corrected chi connectivity index (χ1v) is 6.70. The molecular weight excluding hydrogens is 244 g/mol. The highest BCUT2D eigenvalue weighted by molar-refractivity contribution is 7.80. The molecule has 0 saturated heterocycles. The molecule has 0 atom stereocenters. The van der Waals surface area contributed by atoms with Gasteiger partial charge in [-0.1, -0.05) is 30.4 Å². The van der Waals surface area contributed by atoms with E-state index in [1.165, 1.54) is 0 Å². The Hall–Kier alpha value is -1.13. The highest BCUT2D eigenvalue weighted by Crippen LogP contribution is 2.08. The Morgan fingerprint density at radius 1 is 1.33 bits per heavy atom. The molecule has 0 bridgehead atoms. The maximum Gasteiger partial charge on any atom is 0.119 e. The Kier molecular flexibility index (Phi) is 6.68. The minimum atomic E-state index is 0.447. The molecule has 0 aromatic heterocycles. The maximum absolute atomic E-state index is 5.65. The number of nitrogens with two attached hydrogens (primary N) is 1. The van der Waals surface area contributed by atoms with Crippen LogP contribution in [0.25, 0.3) is 0 Å². The van der Waals surface area contributed by atoms with Gasteiger partial charge < -0.3 is 10.5 Å². The zero-order valence-corrected chi connectivity index (χ0v) is 12.0. The Bertz CT molecular complexity index is 354. The fourth-order valence-electron chi connectivity index (χ4n) is 1.69. The van der Waals surface area contributed by atoms with Crippen molar-refractivity contribution in [3.8, 4) is 5.75 Å². The molecule has 0 saturated carbocycles. The molecule has 0 spiro atoms. The molecule has 18 heavy (non-hydrogen) atoms. The van der Waals surface area contributed by atoms with Crippen LogP contribution < -0.4 is 10.5 Å². The van der Waals surface area contributed by atoms with Gasteiger partial charge in [-0.25, -0.2) is 0 Å². The van der Waals surface area contributed by atoms with Gasteiger partial charge in [0, 0.05) is 19.1 Å². The predicted octanol–water partition coefficient (Wildman–Crippen LogP) is 2.45. The SMILES string of the molecule is CC(C)N(CCCOc1ccccc1)CC(N)=S. The van der Waals surface area contributed by atoms with Crippen molar-refractivity contribution < 1.29 is 4.74 Å². The summed E-state index contributed by atoms with van der Waals surface area (Å²) in [4.78, 5) is 2.81. The van der Waals surface area contributed by atoms with E-state index in [9.17, 15) is 0 Å². The molecular formula is C14H22N2OS. The van der Waals surface area contributed by atoms with Gasteiger partial charge in [0.05, 0.1) is 11.6 Å². The van der Waals surface area contributed by atoms with Crippen LogP contribution in [0.1, 0.15) is 20.3 Å². The summed E-state index contributed by atoms with van der Waals surface area (Å²) in [7, 11) is 0. The second-order valence-electron chi connectivity index (χ2n) is 4.55. The van der Waals surface area contributed by atoms with Gasteiger partial charge >= 0.3 is 0 Å². The van der Waals surface area contributed by atoms with Crippen LogP contribution in [0.3, 0.4) is 0 Å². The average Bonchev–Trinajstić information content (AvgIpc) is 2.33. The number of thiocarbonyl (C=S) groups is 1. The molecule has 2 N–H and O–H groups in total. The topological polar surface area (TPSA) is 38.5 Å². The second-order valence-corrected chi connectivity index (χ2v) is 5.07. The number of ether oxygens (including phenoxy) is 1. The Balaban J connectivity index is 2.25. The molecule has 0 aliphatic heterocycles. The van der Waals surface area contributed by atoms with E-state index in [1.807, 2.05) is 30.3 Å². The Labute approximate surface area is 115 Å². The lowest BCUT2D eigenvalue weighted by Gasteiger charge is -2.25. The highest BCUT2D eigenvalue weighted by atomic mass is 32.1. The monoisotopic (exact) mass is 266 g/mol. The third-order valence-electron chi connectivity index (χ3n) is 2.69. The van der Waals surface area contributed by atoms with Crippen molar-refractivity contribution in [2.24, 2.45) is 5.73 Å². The van der Waals surface area contributed by atoms with Crippen LogP contribution in [-0.2, 0) is 0 Å². The van der Waals surface area contributed by atoms with Crippen molar-refractivity contribution >= 4 is 17.2 Å². The number of benzene rings is 1. The van der Waals surface area contributed by atoms with E-state index >= 15 is 0 Å². The molecule has 0 amide bonds. The first kappa shape index (κ1) is 14.9. The van der Waals surface area contributed by atoms with E-state index in [2.05, 4.69) is 18.7 Å². The smallest absolute Gasteiger partial charge is 0.119 e. The third-order valence-corrected chi connectivity index (χ3v) is 2.82. The van der Waals surface area contributed by atoms with Gasteiger partial charge in [-0.2, -0.15) is 0 Å². The summed E-state index contributed by atoms with van der Waals surface area (Å²) in [6.45, 7) is 6.64. The third kappa shape index (κ3) is 5.98. The zero-order valence-electron chi connectivity index (χ0n) is 11.1. The summed E-state index contributed by atoms with van der Waals surface area (Å²) in [5, 5.41) is 0. The molecule has 0 radical (unpaired) electrons. The van der Waals surface area contributed by atoms with Gasteiger partial charge in [-0.15, -0.1) is 0 Å². The molecule has 1 rings (SSSR count). The van der Waals surface area contributed by atoms with Crippen LogP contribution in [0.5, 0.6) is 5.75 Å². The minimum Gasteiger partial charge on any atom is -0.494 e. The van der Waals surface area contributed by atoms with Crippen LogP contribution in [-0.4, -0.2) is 35.6 Å². The zero-order chi connectivity index (χ0) is 13.4. The van der Waals surface area contributed by atoms with Crippen LogP contribution in [0.15, 0.2) is 30.3 Å². The molecule has 3 nitrogen and oxygen atoms in total. The summed E-state index contributed by atoms with van der Waals surface area (Å²) in [6, 6.07) is 10.3. The van der Waals surface area contributed by atoms with Gasteiger partial charge in [0.2, 0.25) is 0 Å². The van der Waals surface area contributed by atoms with Crippen LogP contribution in [0.4, 0.5) is 0 Å². The van der Waals surface area contributed by atoms with Crippen LogP contribution in [0, 0.1) is 0 Å². The van der Waals surface area contributed by atoms with Crippen molar-refractivity contribution in [1.29, 1.82) is 0 Å². The first-order valence-electron chi connectivity index (χ1n) is 6.30. The van der Waals surface area contributed by atoms with E-state index in [0.29, 0.717) is 24.2 Å². The van der Waals surface area contributed by atoms with Crippen molar-refractivity contribution in [2.45, 2.75) is 26.3 Å². The number of para-hydroxylation sites is 1. The number of hydrogen-bond donors (Lipinski definition) is 1. The van der Waals surface area contributed by atoms with Gasteiger partial charge in [0.1, 0.15) is 5.75 Å². The standard InChI is InChI=1S/C14H22N2OS/c1-12(2)16(11-14(15)18)9-6-10-17-13-7-4-3-5-8-13/h3-5,7-8,12H,6,9-11H2,1-2H3,(H2,15,18). The average molecular weight is 266 g/mol. The number of rotatable bonds is 8. The molecule has 0 aliphatic rings. The van der Waals surface area contributed by atoms with Crippen LogP contribution >= 0.6 is 12.2 Å². The lowest BCUT2D eigenvalue weighted by atomic mass is 10.3. The lowest BCUT2D eigenvalue weighted by molar-refractivity contribution is 0.221. The summed E-state index contributed by atoms with van der Waals surface area (Å²) in [5.74, 6) is 0.919. The quantitative estimate of drug-likeness (QED) is 0.579. The minimum absolute atomic E-state index is 0.447. The summed E-state index contributed by atoms with van der Waals surface area (Å²) >= 11 is 4.95. The molecule has 4 heteroatoms. The lowest BCUT2D eigenvalue weighted by Crippen LogP contribution is -2.38. The Morgan fingerprint density at radius 2 is 2.00 bits per heavy atom. The van der Waals surface area contributed by atoms with E-state index in [1.54, 1.807) is 0 Å². The Morgan fingerprint density at radius 3 is 2.56 bits per heavy atom. The van der Waals surface area contributed by atoms with E-state index in [-0.39, 0.29) is 0 Å². The predicted molar refractivity (Wildman–Crippen MR) is 80.0 cm³/mol. The molecule has 0 unspecified atom stereocenters. The van der Waals surface area contributed by atoms with Crippen molar-refractivity contribution in [2.75, 3.05) is 19.7 Å².